The summed E-state index contributed by atoms with van der Waals surface area (Å²) >= 11 is 0. The monoisotopic (exact) mass is 168 g/mol. The molecule has 12 heavy (non-hydrogen) atoms. The van der Waals surface area contributed by atoms with Gasteiger partial charge < -0.3 is 0 Å². The molecule has 0 bridgehead atoms. The Hall–Kier alpha value is 0. The first-order valence-corrected chi connectivity index (χ1v) is 5.36. The van der Waals surface area contributed by atoms with Gasteiger partial charge in [-0.05, 0) is 29.1 Å². The maximum atomic E-state index is 2.47. The van der Waals surface area contributed by atoms with E-state index in [1.807, 2.05) is 0 Å². The lowest BCUT2D eigenvalue weighted by molar-refractivity contribution is 0.115. The molecule has 0 spiro atoms. The molecule has 0 saturated heterocycles. The number of hydrogen-bond acceptors (Lipinski definition) is 0. The number of hydrogen-bond donors (Lipinski definition) is 0. The second-order valence-corrected chi connectivity index (χ2v) is 5.60. The summed E-state index contributed by atoms with van der Waals surface area (Å²) < 4.78 is 0. The van der Waals surface area contributed by atoms with Gasteiger partial charge in [0.1, 0.15) is 0 Å². The molecule has 1 aliphatic rings. The van der Waals surface area contributed by atoms with Crippen molar-refractivity contribution >= 4 is 0 Å². The first-order chi connectivity index (χ1) is 5.36. The molecule has 0 radical (unpaired) electrons. The highest BCUT2D eigenvalue weighted by Crippen LogP contribution is 2.66. The fraction of sp³-hybridized carbons (Fsp3) is 1.00. The molecule has 0 heteroatoms. The summed E-state index contributed by atoms with van der Waals surface area (Å²) in [6.07, 6.45) is 2.82. The van der Waals surface area contributed by atoms with Crippen molar-refractivity contribution < 1.29 is 0 Å². The molecule has 0 aromatic carbocycles. The Morgan fingerprint density at radius 2 is 1.92 bits per heavy atom. The van der Waals surface area contributed by atoms with E-state index in [-0.39, 0.29) is 0 Å². The Morgan fingerprint density at radius 3 is 2.17 bits per heavy atom. The third-order valence-corrected chi connectivity index (χ3v) is 4.82. The van der Waals surface area contributed by atoms with Gasteiger partial charge in [0.2, 0.25) is 0 Å². The molecule has 0 heterocycles. The van der Waals surface area contributed by atoms with Gasteiger partial charge in [-0.2, -0.15) is 0 Å². The highest BCUT2D eigenvalue weighted by Gasteiger charge is 2.58. The fourth-order valence-electron chi connectivity index (χ4n) is 2.50. The minimum atomic E-state index is 0.522. The van der Waals surface area contributed by atoms with Crippen LogP contribution < -0.4 is 0 Å². The van der Waals surface area contributed by atoms with Crippen LogP contribution in [0.4, 0.5) is 0 Å². The first kappa shape index (κ1) is 10.1. The fourth-order valence-corrected chi connectivity index (χ4v) is 2.50. The van der Waals surface area contributed by atoms with Gasteiger partial charge in [-0.15, -0.1) is 0 Å². The van der Waals surface area contributed by atoms with Crippen molar-refractivity contribution in [2.45, 2.75) is 54.4 Å². The van der Waals surface area contributed by atoms with E-state index >= 15 is 0 Å². The molecule has 72 valence electrons. The van der Waals surface area contributed by atoms with Crippen LogP contribution in [0.15, 0.2) is 0 Å². The summed E-state index contributed by atoms with van der Waals surface area (Å²) in [7, 11) is 0. The van der Waals surface area contributed by atoms with E-state index in [0.717, 1.165) is 11.8 Å². The molecule has 2 unspecified atom stereocenters. The zero-order valence-electron chi connectivity index (χ0n) is 9.57. The quantitative estimate of drug-likeness (QED) is 0.595. The summed E-state index contributed by atoms with van der Waals surface area (Å²) in [4.78, 5) is 0. The Morgan fingerprint density at radius 1 is 1.42 bits per heavy atom. The van der Waals surface area contributed by atoms with E-state index in [9.17, 15) is 0 Å². The van der Waals surface area contributed by atoms with E-state index in [0.29, 0.717) is 10.8 Å². The molecule has 1 aliphatic carbocycles. The molecule has 1 rings (SSSR count). The first-order valence-electron chi connectivity index (χ1n) is 5.36. The minimum Gasteiger partial charge on any atom is -0.0651 e. The number of rotatable bonds is 3. The molecule has 1 saturated carbocycles. The average Bonchev–Trinajstić information content (AvgIpc) is 2.63. The van der Waals surface area contributed by atoms with Crippen molar-refractivity contribution in [3.8, 4) is 0 Å². The van der Waals surface area contributed by atoms with Crippen LogP contribution >= 0.6 is 0 Å². The Kier molecular flexibility index (Phi) is 2.31. The molecule has 2 atom stereocenters. The van der Waals surface area contributed by atoms with E-state index in [2.05, 4.69) is 41.5 Å². The summed E-state index contributed by atoms with van der Waals surface area (Å²) in [5, 5.41) is 0. The Bertz CT molecular complexity index is 167. The molecule has 0 aromatic rings. The summed E-state index contributed by atoms with van der Waals surface area (Å²) in [6.45, 7) is 14.4. The molecular weight excluding hydrogens is 144 g/mol. The summed E-state index contributed by atoms with van der Waals surface area (Å²) in [5.74, 6) is 1.80. The highest BCUT2D eigenvalue weighted by molar-refractivity contribution is 5.07. The van der Waals surface area contributed by atoms with Crippen LogP contribution in [0.25, 0.3) is 0 Å². The van der Waals surface area contributed by atoms with Crippen LogP contribution in [0.2, 0.25) is 0 Å². The minimum absolute atomic E-state index is 0.522. The zero-order chi connectivity index (χ0) is 9.57. The maximum absolute atomic E-state index is 2.47. The van der Waals surface area contributed by atoms with Gasteiger partial charge in [0.05, 0.1) is 0 Å². The molecule has 0 N–H and O–H groups in total. The predicted molar refractivity (Wildman–Crippen MR) is 55.1 cm³/mol. The third-order valence-electron chi connectivity index (χ3n) is 4.82. The van der Waals surface area contributed by atoms with Crippen molar-refractivity contribution in [2.24, 2.45) is 22.7 Å². The van der Waals surface area contributed by atoms with E-state index in [4.69, 9.17) is 0 Å². The lowest BCUT2D eigenvalue weighted by Gasteiger charge is -2.37. The van der Waals surface area contributed by atoms with Crippen molar-refractivity contribution in [1.82, 2.24) is 0 Å². The molecule has 0 nitrogen and oxygen atoms in total. The molecule has 0 aliphatic heterocycles. The van der Waals surface area contributed by atoms with Gasteiger partial charge in [-0.3, -0.25) is 0 Å². The zero-order valence-corrected chi connectivity index (χ0v) is 9.57. The van der Waals surface area contributed by atoms with Crippen LogP contribution in [0.1, 0.15) is 54.4 Å². The Labute approximate surface area is 77.7 Å². The van der Waals surface area contributed by atoms with Gasteiger partial charge in [0.25, 0.3) is 0 Å². The van der Waals surface area contributed by atoms with Crippen LogP contribution in [-0.4, -0.2) is 0 Å². The van der Waals surface area contributed by atoms with E-state index in [1.165, 1.54) is 12.8 Å². The van der Waals surface area contributed by atoms with Gasteiger partial charge in [-0.1, -0.05) is 48.0 Å². The third kappa shape index (κ3) is 1.20. The lowest BCUT2D eigenvalue weighted by atomic mass is 9.68. The summed E-state index contributed by atoms with van der Waals surface area (Å²) in [6, 6.07) is 0. The maximum Gasteiger partial charge on any atom is -0.0241 e. The predicted octanol–water partition coefficient (Wildman–Crippen LogP) is 4.10. The molecular formula is C12H24. The van der Waals surface area contributed by atoms with Crippen molar-refractivity contribution in [2.75, 3.05) is 0 Å². The van der Waals surface area contributed by atoms with Crippen LogP contribution in [0.5, 0.6) is 0 Å². The molecule has 0 aromatic heterocycles. The topological polar surface area (TPSA) is 0 Å². The van der Waals surface area contributed by atoms with Gasteiger partial charge in [-0.25, -0.2) is 0 Å². The van der Waals surface area contributed by atoms with Gasteiger partial charge in [0.15, 0.2) is 0 Å². The van der Waals surface area contributed by atoms with Gasteiger partial charge in [0, 0.05) is 0 Å². The second-order valence-electron chi connectivity index (χ2n) is 5.60. The van der Waals surface area contributed by atoms with Crippen LogP contribution in [-0.2, 0) is 0 Å². The van der Waals surface area contributed by atoms with Crippen molar-refractivity contribution in [1.29, 1.82) is 0 Å². The van der Waals surface area contributed by atoms with Crippen molar-refractivity contribution in [3.05, 3.63) is 0 Å². The van der Waals surface area contributed by atoms with Crippen molar-refractivity contribution in [3.63, 3.8) is 0 Å². The van der Waals surface area contributed by atoms with E-state index < -0.39 is 0 Å². The highest BCUT2D eigenvalue weighted by atomic mass is 14.6. The molecule has 0 amide bonds. The Balaban J connectivity index is 2.71. The SMILES string of the molecule is CCC1CC1(C)C(C)(C)C(C)C. The van der Waals surface area contributed by atoms with Crippen LogP contribution in [0.3, 0.4) is 0 Å². The van der Waals surface area contributed by atoms with E-state index in [1.54, 1.807) is 0 Å². The summed E-state index contributed by atoms with van der Waals surface area (Å²) in [5.41, 5.74) is 1.16. The average molecular weight is 168 g/mol. The smallest absolute Gasteiger partial charge is 0.0241 e. The molecule has 1 fully saturated rings. The standard InChI is InChI=1S/C12H24/c1-7-10-8-12(10,6)11(4,5)9(2)3/h9-10H,7-8H2,1-6H3. The van der Waals surface area contributed by atoms with Crippen LogP contribution in [0, 0.1) is 22.7 Å². The lowest BCUT2D eigenvalue weighted by Crippen LogP contribution is -2.30. The second kappa shape index (κ2) is 2.75. The normalized spacial score (nSPS) is 35.8. The largest absolute Gasteiger partial charge is 0.0651 e. The van der Waals surface area contributed by atoms with Gasteiger partial charge >= 0.3 is 0 Å².